The van der Waals surface area contributed by atoms with Gasteiger partial charge in [-0.2, -0.15) is 10.2 Å². The van der Waals surface area contributed by atoms with Crippen LogP contribution in [0.25, 0.3) is 0 Å². The molecule has 27 heavy (non-hydrogen) atoms. The molecule has 0 aliphatic carbocycles. The number of nitrogens with zero attached hydrogens (tertiary/aromatic N) is 6. The minimum Gasteiger partial charge on any atom is -0.324 e. The van der Waals surface area contributed by atoms with Gasteiger partial charge in [0.15, 0.2) is 5.82 Å². The van der Waals surface area contributed by atoms with Crippen molar-refractivity contribution in [3.8, 4) is 0 Å². The first-order valence-corrected chi connectivity index (χ1v) is 9.03. The van der Waals surface area contributed by atoms with Gasteiger partial charge in [0.2, 0.25) is 0 Å². The summed E-state index contributed by atoms with van der Waals surface area (Å²) in [7, 11) is 0. The predicted octanol–water partition coefficient (Wildman–Crippen LogP) is 2.16. The molecule has 0 unspecified atom stereocenters. The second-order valence-corrected chi connectivity index (χ2v) is 6.79. The van der Waals surface area contributed by atoms with Crippen molar-refractivity contribution in [3.05, 3.63) is 54.1 Å². The highest BCUT2D eigenvalue weighted by atomic mass is 16.2. The van der Waals surface area contributed by atoms with E-state index < -0.39 is 0 Å². The van der Waals surface area contributed by atoms with Gasteiger partial charge >= 0.3 is 6.03 Å². The van der Waals surface area contributed by atoms with E-state index in [4.69, 9.17) is 0 Å². The molecule has 0 spiro atoms. The molecule has 9 nitrogen and oxygen atoms in total. The molecule has 1 aliphatic heterocycles. The van der Waals surface area contributed by atoms with E-state index >= 15 is 0 Å². The third-order valence-electron chi connectivity index (χ3n) is 4.68. The van der Waals surface area contributed by atoms with Gasteiger partial charge in [0.05, 0.1) is 6.54 Å². The number of carbonyl (C=O) groups is 1. The van der Waals surface area contributed by atoms with Crippen LogP contribution < -0.4 is 5.32 Å². The Hall–Kier alpha value is -3.23. The molecule has 1 aromatic carbocycles. The average Bonchev–Trinajstić information content (AvgIpc) is 3.34. The molecule has 3 aromatic rings. The first kappa shape index (κ1) is 17.2. The van der Waals surface area contributed by atoms with Gasteiger partial charge in [0, 0.05) is 24.7 Å². The van der Waals surface area contributed by atoms with Gasteiger partial charge in [-0.15, -0.1) is 0 Å². The van der Waals surface area contributed by atoms with Crippen LogP contribution >= 0.6 is 0 Å². The summed E-state index contributed by atoms with van der Waals surface area (Å²) >= 11 is 0. The SMILES string of the molecule is Cc1nc([C@@H]2CCCN(C(=O)Nc3cccc(Cn4cncn4)c3)C2)n[nH]1. The molecule has 140 valence electrons. The maximum Gasteiger partial charge on any atom is 0.321 e. The number of aryl methyl sites for hydroxylation is 1. The van der Waals surface area contributed by atoms with Crippen molar-refractivity contribution in [2.45, 2.75) is 32.2 Å². The molecule has 0 radical (unpaired) electrons. The third-order valence-corrected chi connectivity index (χ3v) is 4.68. The van der Waals surface area contributed by atoms with Crippen molar-refractivity contribution in [2.75, 3.05) is 18.4 Å². The van der Waals surface area contributed by atoms with E-state index in [1.165, 1.54) is 6.33 Å². The van der Waals surface area contributed by atoms with Crippen LogP contribution in [0, 0.1) is 6.92 Å². The number of aromatic nitrogens is 6. The van der Waals surface area contributed by atoms with Crippen molar-refractivity contribution < 1.29 is 4.79 Å². The van der Waals surface area contributed by atoms with Crippen LogP contribution in [0.5, 0.6) is 0 Å². The summed E-state index contributed by atoms with van der Waals surface area (Å²) in [6.45, 7) is 3.86. The van der Waals surface area contributed by atoms with Gasteiger partial charge in [-0.25, -0.2) is 19.4 Å². The Kier molecular flexibility index (Phi) is 4.82. The van der Waals surface area contributed by atoms with Crippen molar-refractivity contribution >= 4 is 11.7 Å². The van der Waals surface area contributed by atoms with Gasteiger partial charge in [0.25, 0.3) is 0 Å². The van der Waals surface area contributed by atoms with Crippen LogP contribution in [0.2, 0.25) is 0 Å². The highest BCUT2D eigenvalue weighted by Crippen LogP contribution is 2.25. The standard InChI is InChI=1S/C18H22N8O/c1-13-21-17(24-23-13)15-5-3-7-25(10-15)18(27)22-16-6-2-4-14(8-16)9-26-12-19-11-20-26/h2,4,6,8,11-12,15H,3,5,7,9-10H2,1H3,(H,22,27)(H,21,23,24)/t15-/m1/s1. The van der Waals surface area contributed by atoms with Crippen molar-refractivity contribution in [1.29, 1.82) is 0 Å². The second kappa shape index (κ2) is 7.56. The molecule has 4 rings (SSSR count). The normalized spacial score (nSPS) is 17.1. The van der Waals surface area contributed by atoms with Crippen LogP contribution in [0.1, 0.15) is 36.0 Å². The Morgan fingerprint density at radius 3 is 3.11 bits per heavy atom. The summed E-state index contributed by atoms with van der Waals surface area (Å²) in [6.07, 6.45) is 5.12. The van der Waals surface area contributed by atoms with Crippen molar-refractivity contribution in [1.82, 2.24) is 34.8 Å². The number of urea groups is 1. The molecular weight excluding hydrogens is 344 g/mol. The first-order valence-electron chi connectivity index (χ1n) is 9.03. The monoisotopic (exact) mass is 366 g/mol. The molecule has 2 amide bonds. The molecule has 2 aromatic heterocycles. The summed E-state index contributed by atoms with van der Waals surface area (Å²) in [5.74, 6) is 1.77. The fourth-order valence-electron chi connectivity index (χ4n) is 3.37. The summed E-state index contributed by atoms with van der Waals surface area (Å²) in [5.41, 5.74) is 1.82. The number of amides is 2. The number of aromatic amines is 1. The van der Waals surface area contributed by atoms with Gasteiger partial charge in [-0.1, -0.05) is 12.1 Å². The van der Waals surface area contributed by atoms with Crippen LogP contribution in [0.4, 0.5) is 10.5 Å². The number of likely N-dealkylation sites (tertiary alicyclic amines) is 1. The molecular formula is C18H22N8O. The lowest BCUT2D eigenvalue weighted by Crippen LogP contribution is -2.41. The van der Waals surface area contributed by atoms with Crippen LogP contribution in [-0.2, 0) is 6.54 Å². The van der Waals surface area contributed by atoms with Gasteiger partial charge < -0.3 is 10.2 Å². The lowest BCUT2D eigenvalue weighted by molar-refractivity contribution is 0.191. The van der Waals surface area contributed by atoms with Gasteiger partial charge in [0.1, 0.15) is 18.5 Å². The number of hydrogen-bond donors (Lipinski definition) is 2. The zero-order chi connectivity index (χ0) is 18.6. The molecule has 0 bridgehead atoms. The van der Waals surface area contributed by atoms with E-state index in [2.05, 4.69) is 30.6 Å². The Balaban J connectivity index is 1.39. The summed E-state index contributed by atoms with van der Waals surface area (Å²) < 4.78 is 1.75. The number of nitrogens with one attached hydrogen (secondary N) is 2. The zero-order valence-electron chi connectivity index (χ0n) is 15.2. The van der Waals surface area contributed by atoms with Crippen LogP contribution in [-0.4, -0.2) is 54.0 Å². The largest absolute Gasteiger partial charge is 0.324 e. The number of H-pyrrole nitrogens is 1. The molecule has 2 N–H and O–H groups in total. The summed E-state index contributed by atoms with van der Waals surface area (Å²) in [5, 5.41) is 14.3. The van der Waals surface area contributed by atoms with Crippen LogP contribution in [0.15, 0.2) is 36.9 Å². The number of carbonyl (C=O) groups excluding carboxylic acids is 1. The van der Waals surface area contributed by atoms with Crippen LogP contribution in [0.3, 0.4) is 0 Å². The minimum atomic E-state index is -0.0927. The minimum absolute atomic E-state index is 0.0927. The van der Waals surface area contributed by atoms with E-state index in [9.17, 15) is 4.79 Å². The topological polar surface area (TPSA) is 105 Å². The maximum absolute atomic E-state index is 12.7. The molecule has 1 saturated heterocycles. The molecule has 3 heterocycles. The number of rotatable bonds is 4. The van der Waals surface area contributed by atoms with Gasteiger partial charge in [-0.05, 0) is 37.5 Å². The molecule has 9 heteroatoms. The molecule has 1 fully saturated rings. The average molecular weight is 366 g/mol. The molecule has 1 aliphatic rings. The predicted molar refractivity (Wildman–Crippen MR) is 99.3 cm³/mol. The number of hydrogen-bond acceptors (Lipinski definition) is 5. The zero-order valence-corrected chi connectivity index (χ0v) is 15.2. The van der Waals surface area contributed by atoms with E-state index in [-0.39, 0.29) is 11.9 Å². The smallest absolute Gasteiger partial charge is 0.321 e. The lowest BCUT2D eigenvalue weighted by Gasteiger charge is -2.31. The lowest BCUT2D eigenvalue weighted by atomic mass is 9.97. The highest BCUT2D eigenvalue weighted by Gasteiger charge is 2.27. The summed E-state index contributed by atoms with van der Waals surface area (Å²) in [6, 6.07) is 7.68. The fraction of sp³-hybridized carbons (Fsp3) is 0.389. The highest BCUT2D eigenvalue weighted by molar-refractivity contribution is 5.89. The molecule has 0 saturated carbocycles. The number of anilines is 1. The van der Waals surface area contributed by atoms with E-state index in [0.717, 1.165) is 42.3 Å². The Morgan fingerprint density at radius 1 is 1.41 bits per heavy atom. The quantitative estimate of drug-likeness (QED) is 0.736. The Morgan fingerprint density at radius 2 is 2.33 bits per heavy atom. The maximum atomic E-state index is 12.7. The summed E-state index contributed by atoms with van der Waals surface area (Å²) in [4.78, 5) is 22.9. The Labute approximate surface area is 156 Å². The van der Waals surface area contributed by atoms with Gasteiger partial charge in [-0.3, -0.25) is 5.10 Å². The Bertz CT molecular complexity index is 904. The number of piperidine rings is 1. The van der Waals surface area contributed by atoms with Crippen molar-refractivity contribution in [3.63, 3.8) is 0 Å². The van der Waals surface area contributed by atoms with E-state index in [0.29, 0.717) is 13.1 Å². The number of benzene rings is 1. The van der Waals surface area contributed by atoms with Crippen molar-refractivity contribution in [2.24, 2.45) is 0 Å². The fourth-order valence-corrected chi connectivity index (χ4v) is 3.37. The van der Waals surface area contributed by atoms with E-state index in [1.807, 2.05) is 36.1 Å². The van der Waals surface area contributed by atoms with E-state index in [1.54, 1.807) is 11.0 Å². The molecule has 1 atom stereocenters. The third kappa shape index (κ3) is 4.13. The first-order chi connectivity index (χ1) is 13.2. The second-order valence-electron chi connectivity index (χ2n) is 6.79.